The average molecular weight is 478 g/mol. The van der Waals surface area contributed by atoms with Gasteiger partial charge >= 0.3 is 0 Å². The maximum Gasteiger partial charge on any atom is 0.253 e. The van der Waals surface area contributed by atoms with Gasteiger partial charge in [-0.15, -0.1) is 0 Å². The van der Waals surface area contributed by atoms with Gasteiger partial charge in [0.15, 0.2) is 0 Å². The number of piperidine rings is 1. The Morgan fingerprint density at radius 2 is 1.74 bits per heavy atom. The molecule has 0 radical (unpaired) electrons. The molecule has 1 aliphatic heterocycles. The SMILES string of the molecule is NCc1cccc(C2CCN(C(=O)c3cccc(NC(=O)[C@@H]4C[C@@H]5CC[C@H]4[C@H](O)[C@@H]5O)c3)CC2)c1. The first kappa shape index (κ1) is 24.0. The highest BCUT2D eigenvalue weighted by Gasteiger charge is 2.49. The Balaban J connectivity index is 1.20. The summed E-state index contributed by atoms with van der Waals surface area (Å²) in [6.07, 6.45) is 2.46. The Labute approximate surface area is 206 Å². The molecule has 7 heteroatoms. The standard InChI is InChI=1S/C28H35N3O4/c29-16-17-3-1-4-19(13-17)18-9-11-31(12-10-18)28(35)21-5-2-6-22(14-21)30-27(34)24-15-20-7-8-23(24)26(33)25(20)32/h1-6,13-14,18,20,23-26,32-33H,7-12,15-16,29H2,(H,30,34)/t20-,23+,24+,25+,26-/m0/s1. The van der Waals surface area contributed by atoms with Crippen LogP contribution in [0.25, 0.3) is 0 Å². The lowest BCUT2D eigenvalue weighted by molar-refractivity contribution is -0.150. The van der Waals surface area contributed by atoms with E-state index in [4.69, 9.17) is 5.73 Å². The van der Waals surface area contributed by atoms with Crippen molar-refractivity contribution in [1.82, 2.24) is 4.90 Å². The average Bonchev–Trinajstić information content (AvgIpc) is 2.91. The second-order valence-corrected chi connectivity index (χ2v) is 10.4. The molecule has 0 unspecified atom stereocenters. The fourth-order valence-electron chi connectivity index (χ4n) is 6.32. The normalized spacial score (nSPS) is 28.7. The van der Waals surface area contributed by atoms with Crippen molar-refractivity contribution in [3.05, 3.63) is 65.2 Å². The number of likely N-dealkylation sites (tertiary alicyclic amines) is 1. The molecule has 5 N–H and O–H groups in total. The van der Waals surface area contributed by atoms with Gasteiger partial charge in [0.05, 0.1) is 12.2 Å². The van der Waals surface area contributed by atoms with E-state index in [1.54, 1.807) is 24.3 Å². The predicted molar refractivity (Wildman–Crippen MR) is 134 cm³/mol. The molecule has 1 saturated heterocycles. The van der Waals surface area contributed by atoms with E-state index in [1.165, 1.54) is 5.56 Å². The van der Waals surface area contributed by atoms with Crippen molar-refractivity contribution >= 4 is 17.5 Å². The number of hydrogen-bond donors (Lipinski definition) is 4. The van der Waals surface area contributed by atoms with Crippen LogP contribution in [0.1, 0.15) is 59.5 Å². The molecule has 2 bridgehead atoms. The fourth-order valence-corrected chi connectivity index (χ4v) is 6.32. The molecule has 3 saturated carbocycles. The number of nitrogens with two attached hydrogens (primary N) is 1. The number of aliphatic hydroxyl groups is 2. The van der Waals surface area contributed by atoms with Gasteiger partial charge in [0, 0.05) is 36.8 Å². The zero-order valence-electron chi connectivity index (χ0n) is 20.0. The molecule has 186 valence electrons. The molecule has 1 heterocycles. The lowest BCUT2D eigenvalue weighted by atomic mass is 9.61. The van der Waals surface area contributed by atoms with E-state index in [0.29, 0.717) is 43.2 Å². The molecule has 5 atom stereocenters. The van der Waals surface area contributed by atoms with Crippen molar-refractivity contribution in [2.75, 3.05) is 18.4 Å². The van der Waals surface area contributed by atoms with Crippen molar-refractivity contribution < 1.29 is 19.8 Å². The molecular weight excluding hydrogens is 442 g/mol. The highest BCUT2D eigenvalue weighted by molar-refractivity contribution is 5.98. The van der Waals surface area contributed by atoms with Gasteiger partial charge in [-0.25, -0.2) is 0 Å². The Bertz CT molecular complexity index is 1080. The van der Waals surface area contributed by atoms with E-state index in [0.717, 1.165) is 31.2 Å². The lowest BCUT2D eigenvalue weighted by Crippen LogP contribution is -2.54. The third-order valence-corrected chi connectivity index (χ3v) is 8.37. The third kappa shape index (κ3) is 4.85. The second-order valence-electron chi connectivity index (χ2n) is 10.4. The number of fused-ring (bicyclic) bond motifs is 3. The van der Waals surface area contributed by atoms with E-state index in [-0.39, 0.29) is 29.6 Å². The number of anilines is 1. The summed E-state index contributed by atoms with van der Waals surface area (Å²) in [5, 5.41) is 23.5. The molecule has 0 aromatic heterocycles. The van der Waals surface area contributed by atoms with Crippen molar-refractivity contribution in [2.24, 2.45) is 23.5 Å². The van der Waals surface area contributed by atoms with Crippen LogP contribution in [-0.4, -0.2) is 52.2 Å². The summed E-state index contributed by atoms with van der Waals surface area (Å²) in [5.74, 6) is -0.300. The highest BCUT2D eigenvalue weighted by atomic mass is 16.3. The van der Waals surface area contributed by atoms with Crippen LogP contribution >= 0.6 is 0 Å². The Hall–Kier alpha value is -2.74. The maximum absolute atomic E-state index is 13.2. The van der Waals surface area contributed by atoms with Gasteiger partial charge in [0.1, 0.15) is 0 Å². The van der Waals surface area contributed by atoms with Gasteiger partial charge in [-0.1, -0.05) is 30.3 Å². The number of nitrogens with one attached hydrogen (secondary N) is 1. The molecule has 2 aromatic carbocycles. The first-order valence-corrected chi connectivity index (χ1v) is 12.8. The molecule has 2 aromatic rings. The van der Waals surface area contributed by atoms with Crippen LogP contribution in [0.3, 0.4) is 0 Å². The van der Waals surface area contributed by atoms with Crippen LogP contribution in [0.4, 0.5) is 5.69 Å². The molecule has 0 spiro atoms. The van der Waals surface area contributed by atoms with E-state index in [1.807, 2.05) is 11.0 Å². The van der Waals surface area contributed by atoms with Crippen molar-refractivity contribution in [2.45, 2.75) is 56.8 Å². The number of aliphatic hydroxyl groups excluding tert-OH is 2. The van der Waals surface area contributed by atoms with Crippen molar-refractivity contribution in [3.63, 3.8) is 0 Å². The summed E-state index contributed by atoms with van der Waals surface area (Å²) in [4.78, 5) is 28.1. The molecule has 3 aliphatic carbocycles. The monoisotopic (exact) mass is 477 g/mol. The minimum atomic E-state index is -0.841. The van der Waals surface area contributed by atoms with Gasteiger partial charge in [-0.2, -0.15) is 0 Å². The third-order valence-electron chi connectivity index (χ3n) is 8.37. The van der Waals surface area contributed by atoms with Crippen LogP contribution in [-0.2, 0) is 11.3 Å². The molecule has 4 fully saturated rings. The fraction of sp³-hybridized carbons (Fsp3) is 0.500. The second kappa shape index (κ2) is 10.1. The number of carbonyl (C=O) groups excluding carboxylic acids is 2. The number of hydrogen-bond acceptors (Lipinski definition) is 5. The summed E-state index contributed by atoms with van der Waals surface area (Å²) in [6.45, 7) is 1.92. The maximum atomic E-state index is 13.2. The molecule has 2 amide bonds. The van der Waals surface area contributed by atoms with Crippen molar-refractivity contribution in [3.8, 4) is 0 Å². The zero-order valence-corrected chi connectivity index (χ0v) is 20.0. The molecule has 4 aliphatic rings. The lowest BCUT2D eigenvalue weighted by Gasteiger charge is -2.47. The summed E-state index contributed by atoms with van der Waals surface area (Å²) < 4.78 is 0. The number of amides is 2. The predicted octanol–water partition coefficient (Wildman–Crippen LogP) is 2.87. The van der Waals surface area contributed by atoms with Crippen LogP contribution in [0, 0.1) is 17.8 Å². The van der Waals surface area contributed by atoms with Gasteiger partial charge in [0.2, 0.25) is 5.91 Å². The van der Waals surface area contributed by atoms with E-state index >= 15 is 0 Å². The van der Waals surface area contributed by atoms with E-state index in [9.17, 15) is 19.8 Å². The summed E-state index contributed by atoms with van der Waals surface area (Å²) in [7, 11) is 0. The summed E-state index contributed by atoms with van der Waals surface area (Å²) in [5.41, 5.74) is 9.36. The van der Waals surface area contributed by atoms with Crippen LogP contribution in [0.5, 0.6) is 0 Å². The largest absolute Gasteiger partial charge is 0.390 e. The number of nitrogens with zero attached hydrogens (tertiary/aromatic N) is 1. The molecule has 7 nitrogen and oxygen atoms in total. The van der Waals surface area contributed by atoms with Gasteiger partial charge in [-0.05, 0) is 79.2 Å². The van der Waals surface area contributed by atoms with Gasteiger partial charge in [0.25, 0.3) is 5.91 Å². The van der Waals surface area contributed by atoms with Crippen LogP contribution in [0.15, 0.2) is 48.5 Å². The summed E-state index contributed by atoms with van der Waals surface area (Å²) in [6, 6.07) is 15.5. The van der Waals surface area contributed by atoms with Crippen LogP contribution < -0.4 is 11.1 Å². The smallest absolute Gasteiger partial charge is 0.253 e. The number of carbonyl (C=O) groups is 2. The van der Waals surface area contributed by atoms with Gasteiger partial charge < -0.3 is 26.2 Å². The minimum absolute atomic E-state index is 0.0227. The minimum Gasteiger partial charge on any atom is -0.390 e. The van der Waals surface area contributed by atoms with E-state index in [2.05, 4.69) is 23.5 Å². The number of rotatable bonds is 5. The number of benzene rings is 2. The Kier molecular flexibility index (Phi) is 6.91. The quantitative estimate of drug-likeness (QED) is 0.529. The molecular formula is C28H35N3O4. The molecule has 6 rings (SSSR count). The van der Waals surface area contributed by atoms with Gasteiger partial charge in [-0.3, -0.25) is 9.59 Å². The summed E-state index contributed by atoms with van der Waals surface area (Å²) >= 11 is 0. The Morgan fingerprint density at radius 3 is 2.49 bits per heavy atom. The van der Waals surface area contributed by atoms with Crippen molar-refractivity contribution in [1.29, 1.82) is 0 Å². The van der Waals surface area contributed by atoms with E-state index < -0.39 is 12.2 Å². The highest BCUT2D eigenvalue weighted by Crippen LogP contribution is 2.45. The first-order chi connectivity index (χ1) is 16.9. The Morgan fingerprint density at radius 1 is 0.971 bits per heavy atom. The zero-order chi connectivity index (χ0) is 24.5. The first-order valence-electron chi connectivity index (χ1n) is 12.8. The van der Waals surface area contributed by atoms with Crippen LogP contribution in [0.2, 0.25) is 0 Å². The molecule has 35 heavy (non-hydrogen) atoms. The topological polar surface area (TPSA) is 116 Å².